The number of thiazole rings is 1. The monoisotopic (exact) mass is 252 g/mol. The van der Waals surface area contributed by atoms with E-state index in [0.29, 0.717) is 5.88 Å². The molecule has 1 heterocycles. The Hall–Kier alpha value is -0.900. The van der Waals surface area contributed by atoms with Gasteiger partial charge in [0.25, 0.3) is 0 Å². The number of halogens is 1. The number of aromatic nitrogens is 1. The highest BCUT2D eigenvalue weighted by atomic mass is 35.5. The van der Waals surface area contributed by atoms with Crippen molar-refractivity contribution >= 4 is 22.9 Å². The van der Waals surface area contributed by atoms with Gasteiger partial charge in [-0.15, -0.1) is 22.9 Å². The molecule has 0 saturated carbocycles. The van der Waals surface area contributed by atoms with Crippen LogP contribution in [0.25, 0.3) is 0 Å². The maximum Gasteiger partial charge on any atom is 0.106 e. The topological polar surface area (TPSA) is 24.9 Å². The van der Waals surface area contributed by atoms with Crippen molar-refractivity contribution in [2.75, 3.05) is 0 Å². The van der Waals surface area contributed by atoms with Gasteiger partial charge in [-0.2, -0.15) is 0 Å². The van der Waals surface area contributed by atoms with Gasteiger partial charge in [-0.3, -0.25) is 0 Å². The predicted octanol–water partition coefficient (Wildman–Crippen LogP) is 3.17. The van der Waals surface area contributed by atoms with Crippen molar-refractivity contribution in [3.05, 3.63) is 52.0 Å². The molecule has 0 spiro atoms. The fraction of sp³-hybridized carbons (Fsp3) is 0.250. The van der Waals surface area contributed by atoms with E-state index in [0.717, 1.165) is 23.7 Å². The Morgan fingerprint density at radius 3 is 2.50 bits per heavy atom. The molecule has 0 fully saturated rings. The summed E-state index contributed by atoms with van der Waals surface area (Å²) in [5.74, 6) is 0.576. The summed E-state index contributed by atoms with van der Waals surface area (Å²) in [6, 6.07) is 8.33. The molecule has 1 N–H and O–H groups in total. The molecule has 1 aromatic heterocycles. The van der Waals surface area contributed by atoms with Crippen molar-refractivity contribution in [3.63, 3.8) is 0 Å². The van der Waals surface area contributed by atoms with Gasteiger partial charge in [0.05, 0.1) is 0 Å². The lowest BCUT2D eigenvalue weighted by molar-refractivity contribution is 0.690. The van der Waals surface area contributed by atoms with Gasteiger partial charge in [-0.05, 0) is 11.1 Å². The first kappa shape index (κ1) is 11.6. The van der Waals surface area contributed by atoms with E-state index in [1.807, 2.05) is 11.6 Å². The first-order chi connectivity index (χ1) is 7.88. The van der Waals surface area contributed by atoms with Crippen molar-refractivity contribution < 1.29 is 0 Å². The van der Waals surface area contributed by atoms with Crippen LogP contribution in [0.2, 0.25) is 0 Å². The smallest absolute Gasteiger partial charge is 0.106 e. The second kappa shape index (κ2) is 5.99. The number of rotatable bonds is 5. The largest absolute Gasteiger partial charge is 0.306 e. The summed E-state index contributed by atoms with van der Waals surface area (Å²) >= 11 is 7.40. The molecule has 0 radical (unpaired) electrons. The molecule has 4 heteroatoms. The predicted molar refractivity (Wildman–Crippen MR) is 68.7 cm³/mol. The molecule has 0 amide bonds. The first-order valence-corrected chi connectivity index (χ1v) is 6.53. The molecular weight excluding hydrogens is 240 g/mol. The highest BCUT2D eigenvalue weighted by Gasteiger charge is 1.96. The third-order valence-electron chi connectivity index (χ3n) is 2.27. The van der Waals surface area contributed by atoms with Gasteiger partial charge < -0.3 is 5.32 Å². The minimum Gasteiger partial charge on any atom is -0.306 e. The standard InChI is InChI=1S/C12H13ClN2S/c13-7-10-1-3-11(4-2-10)8-14-9-12-15-5-6-16-12/h1-6,14H,7-9H2. The molecule has 2 aromatic rings. The molecule has 0 aliphatic carbocycles. The summed E-state index contributed by atoms with van der Waals surface area (Å²) in [5, 5.41) is 6.47. The SMILES string of the molecule is ClCc1ccc(CNCc2nccs2)cc1. The zero-order valence-electron chi connectivity index (χ0n) is 8.82. The van der Waals surface area contributed by atoms with Crippen LogP contribution >= 0.6 is 22.9 Å². The highest BCUT2D eigenvalue weighted by molar-refractivity contribution is 7.09. The maximum atomic E-state index is 5.73. The van der Waals surface area contributed by atoms with Gasteiger partial charge in [0.1, 0.15) is 5.01 Å². The summed E-state index contributed by atoms with van der Waals surface area (Å²) in [6.07, 6.45) is 1.83. The summed E-state index contributed by atoms with van der Waals surface area (Å²) in [5.41, 5.74) is 2.43. The molecule has 0 aliphatic rings. The van der Waals surface area contributed by atoms with Crippen molar-refractivity contribution in [2.24, 2.45) is 0 Å². The molecular formula is C12H13ClN2S. The number of nitrogens with zero attached hydrogens (tertiary/aromatic N) is 1. The second-order valence-corrected chi connectivity index (χ2v) is 4.73. The third kappa shape index (κ3) is 3.30. The first-order valence-electron chi connectivity index (χ1n) is 5.11. The van der Waals surface area contributed by atoms with Crippen LogP contribution in [0.1, 0.15) is 16.1 Å². The van der Waals surface area contributed by atoms with Gasteiger partial charge in [0.2, 0.25) is 0 Å². The van der Waals surface area contributed by atoms with Crippen LogP contribution in [0, 0.1) is 0 Å². The molecule has 16 heavy (non-hydrogen) atoms. The molecule has 0 aliphatic heterocycles. The van der Waals surface area contributed by atoms with Crippen LogP contribution in [0.3, 0.4) is 0 Å². The van der Waals surface area contributed by atoms with Crippen molar-refractivity contribution in [1.29, 1.82) is 0 Å². The number of nitrogens with one attached hydrogen (secondary N) is 1. The summed E-state index contributed by atoms with van der Waals surface area (Å²) in [7, 11) is 0. The molecule has 1 aromatic carbocycles. The average Bonchev–Trinajstić information content (AvgIpc) is 2.83. The van der Waals surface area contributed by atoms with Crippen molar-refractivity contribution in [1.82, 2.24) is 10.3 Å². The Labute approximate surface area is 104 Å². The zero-order valence-corrected chi connectivity index (χ0v) is 10.4. The maximum absolute atomic E-state index is 5.73. The van der Waals surface area contributed by atoms with E-state index in [4.69, 9.17) is 11.6 Å². The second-order valence-electron chi connectivity index (χ2n) is 3.48. The van der Waals surface area contributed by atoms with E-state index in [9.17, 15) is 0 Å². The summed E-state index contributed by atoms with van der Waals surface area (Å²) in [6.45, 7) is 1.69. The van der Waals surface area contributed by atoms with Gasteiger partial charge in [-0.25, -0.2) is 4.98 Å². The number of alkyl halides is 1. The number of benzene rings is 1. The third-order valence-corrected chi connectivity index (χ3v) is 3.35. The normalized spacial score (nSPS) is 10.6. The van der Waals surface area contributed by atoms with Gasteiger partial charge in [-0.1, -0.05) is 24.3 Å². The molecule has 0 bridgehead atoms. The highest BCUT2D eigenvalue weighted by Crippen LogP contribution is 2.07. The fourth-order valence-corrected chi connectivity index (χ4v) is 2.16. The van der Waals surface area contributed by atoms with E-state index >= 15 is 0 Å². The van der Waals surface area contributed by atoms with E-state index in [-0.39, 0.29) is 0 Å². The van der Waals surface area contributed by atoms with Gasteiger partial charge in [0.15, 0.2) is 0 Å². The zero-order chi connectivity index (χ0) is 11.2. The minimum atomic E-state index is 0.576. The van der Waals surface area contributed by atoms with E-state index in [2.05, 4.69) is 34.6 Å². The summed E-state index contributed by atoms with van der Waals surface area (Å²) < 4.78 is 0. The van der Waals surface area contributed by atoms with E-state index < -0.39 is 0 Å². The van der Waals surface area contributed by atoms with Crippen LogP contribution in [0.5, 0.6) is 0 Å². The molecule has 0 saturated heterocycles. The Bertz CT molecular complexity index is 411. The molecule has 84 valence electrons. The number of hydrogen-bond acceptors (Lipinski definition) is 3. The Morgan fingerprint density at radius 1 is 1.12 bits per heavy atom. The number of hydrogen-bond donors (Lipinski definition) is 1. The lowest BCUT2D eigenvalue weighted by Crippen LogP contribution is -2.12. The van der Waals surface area contributed by atoms with Crippen molar-refractivity contribution in [2.45, 2.75) is 19.0 Å². The Morgan fingerprint density at radius 2 is 1.88 bits per heavy atom. The molecule has 0 unspecified atom stereocenters. The van der Waals surface area contributed by atoms with Crippen LogP contribution < -0.4 is 5.32 Å². The van der Waals surface area contributed by atoms with Crippen LogP contribution in [-0.2, 0) is 19.0 Å². The fourth-order valence-electron chi connectivity index (χ4n) is 1.40. The lowest BCUT2D eigenvalue weighted by atomic mass is 10.1. The van der Waals surface area contributed by atoms with E-state index in [1.165, 1.54) is 5.56 Å². The molecule has 0 atom stereocenters. The van der Waals surface area contributed by atoms with Crippen LogP contribution in [0.4, 0.5) is 0 Å². The summed E-state index contributed by atoms with van der Waals surface area (Å²) in [4.78, 5) is 4.21. The van der Waals surface area contributed by atoms with Gasteiger partial charge in [0, 0.05) is 30.5 Å². The Kier molecular flexibility index (Phi) is 4.34. The van der Waals surface area contributed by atoms with Crippen LogP contribution in [-0.4, -0.2) is 4.98 Å². The molecule has 2 nitrogen and oxygen atoms in total. The van der Waals surface area contributed by atoms with E-state index in [1.54, 1.807) is 11.3 Å². The minimum absolute atomic E-state index is 0.576. The lowest BCUT2D eigenvalue weighted by Gasteiger charge is -2.03. The van der Waals surface area contributed by atoms with Crippen LogP contribution in [0.15, 0.2) is 35.8 Å². The Balaban J connectivity index is 1.81. The van der Waals surface area contributed by atoms with Crippen molar-refractivity contribution in [3.8, 4) is 0 Å². The molecule has 2 rings (SSSR count). The average molecular weight is 253 g/mol. The van der Waals surface area contributed by atoms with Gasteiger partial charge >= 0.3 is 0 Å². The quantitative estimate of drug-likeness (QED) is 0.827.